The Morgan fingerprint density at radius 1 is 1.24 bits per heavy atom. The topological polar surface area (TPSA) is 58.6 Å². The maximum Gasteiger partial charge on any atom is 0.407 e. The molecule has 0 saturated heterocycles. The Morgan fingerprint density at radius 3 is 2.62 bits per heavy atom. The van der Waals surface area contributed by atoms with E-state index >= 15 is 0 Å². The van der Waals surface area contributed by atoms with Crippen LogP contribution in [0.4, 0.5) is 9.18 Å². The first kappa shape index (κ1) is 14.8. The Kier molecular flexibility index (Phi) is 4.77. The molecule has 2 N–H and O–H groups in total. The predicted octanol–water partition coefficient (Wildman–Crippen LogP) is 3.52. The van der Waals surface area contributed by atoms with Crippen molar-refractivity contribution in [2.24, 2.45) is 0 Å². The summed E-state index contributed by atoms with van der Waals surface area (Å²) in [5.74, 6) is -0.781. The van der Waals surface area contributed by atoms with Crippen LogP contribution in [0.5, 0.6) is 5.75 Å². The molecule has 0 fully saturated rings. The van der Waals surface area contributed by atoms with Crippen molar-refractivity contribution in [1.29, 1.82) is 0 Å². The van der Waals surface area contributed by atoms with Gasteiger partial charge in [-0.15, -0.1) is 0 Å². The average molecular weight is 289 g/mol. The van der Waals surface area contributed by atoms with E-state index in [0.29, 0.717) is 0 Å². The highest BCUT2D eigenvalue weighted by Crippen LogP contribution is 2.26. The van der Waals surface area contributed by atoms with E-state index in [2.05, 4.69) is 5.32 Å². The van der Waals surface area contributed by atoms with Gasteiger partial charge in [0.15, 0.2) is 0 Å². The number of ether oxygens (including phenoxy) is 1. The number of alkyl carbamates (subject to hydrolysis) is 1. The van der Waals surface area contributed by atoms with Crippen LogP contribution < -0.4 is 5.32 Å². The molecule has 0 heterocycles. The van der Waals surface area contributed by atoms with E-state index < -0.39 is 18.0 Å². The number of nitrogens with one attached hydrogen (secondary N) is 1. The van der Waals surface area contributed by atoms with Gasteiger partial charge in [0.25, 0.3) is 0 Å². The van der Waals surface area contributed by atoms with Crippen LogP contribution in [0.25, 0.3) is 0 Å². The Morgan fingerprint density at radius 2 is 1.95 bits per heavy atom. The smallest absolute Gasteiger partial charge is 0.407 e. The van der Waals surface area contributed by atoms with E-state index in [1.54, 1.807) is 6.92 Å². The van der Waals surface area contributed by atoms with Crippen LogP contribution in [0.15, 0.2) is 48.5 Å². The fraction of sp³-hybridized carbons (Fsp3) is 0.188. The minimum Gasteiger partial charge on any atom is -0.507 e. The van der Waals surface area contributed by atoms with Crippen molar-refractivity contribution in [1.82, 2.24) is 5.32 Å². The molecule has 2 aromatic rings. The molecule has 0 aliphatic carbocycles. The van der Waals surface area contributed by atoms with Gasteiger partial charge in [0.2, 0.25) is 0 Å². The van der Waals surface area contributed by atoms with E-state index in [-0.39, 0.29) is 17.9 Å². The summed E-state index contributed by atoms with van der Waals surface area (Å²) in [4.78, 5) is 11.7. The van der Waals surface area contributed by atoms with Crippen LogP contribution in [0.3, 0.4) is 0 Å². The van der Waals surface area contributed by atoms with E-state index in [0.717, 1.165) is 5.56 Å². The molecule has 0 aliphatic rings. The van der Waals surface area contributed by atoms with Gasteiger partial charge < -0.3 is 15.2 Å². The molecule has 2 aromatic carbocycles. The van der Waals surface area contributed by atoms with Gasteiger partial charge in [-0.05, 0) is 24.6 Å². The molecule has 0 radical (unpaired) electrons. The quantitative estimate of drug-likeness (QED) is 0.905. The summed E-state index contributed by atoms with van der Waals surface area (Å²) < 4.78 is 18.7. The van der Waals surface area contributed by atoms with Crippen molar-refractivity contribution in [3.05, 3.63) is 65.5 Å². The second-order valence-corrected chi connectivity index (χ2v) is 4.60. The third-order valence-corrected chi connectivity index (χ3v) is 3.01. The molecule has 1 atom stereocenters. The molecule has 0 spiro atoms. The molecular weight excluding hydrogens is 273 g/mol. The lowest BCUT2D eigenvalue weighted by Crippen LogP contribution is -2.27. The molecule has 0 aliphatic heterocycles. The lowest BCUT2D eigenvalue weighted by Gasteiger charge is -2.16. The van der Waals surface area contributed by atoms with Gasteiger partial charge in [0.05, 0.1) is 11.6 Å². The number of phenolic OH excluding ortho intramolecular Hbond substituents is 1. The zero-order valence-electron chi connectivity index (χ0n) is 11.5. The van der Waals surface area contributed by atoms with Crippen molar-refractivity contribution in [2.75, 3.05) is 0 Å². The van der Waals surface area contributed by atoms with Crippen LogP contribution in [0, 0.1) is 5.82 Å². The van der Waals surface area contributed by atoms with Gasteiger partial charge in [-0.25, -0.2) is 9.18 Å². The van der Waals surface area contributed by atoms with Crippen LogP contribution in [-0.4, -0.2) is 11.2 Å². The van der Waals surface area contributed by atoms with Crippen molar-refractivity contribution >= 4 is 6.09 Å². The summed E-state index contributed by atoms with van der Waals surface area (Å²) >= 11 is 0. The molecular formula is C16H16FNO3. The SMILES string of the molecule is CC(NC(=O)OCc1ccccc1)c1c(O)cccc1F. The number of halogens is 1. The van der Waals surface area contributed by atoms with Gasteiger partial charge >= 0.3 is 6.09 Å². The molecule has 5 heteroatoms. The molecule has 0 bridgehead atoms. The Hall–Kier alpha value is -2.56. The van der Waals surface area contributed by atoms with Crippen molar-refractivity contribution < 1.29 is 19.0 Å². The third-order valence-electron chi connectivity index (χ3n) is 3.01. The fourth-order valence-corrected chi connectivity index (χ4v) is 1.97. The fourth-order valence-electron chi connectivity index (χ4n) is 1.97. The minimum atomic E-state index is -0.700. The molecule has 0 aromatic heterocycles. The Bertz CT molecular complexity index is 596. The lowest BCUT2D eigenvalue weighted by molar-refractivity contribution is 0.136. The summed E-state index contributed by atoms with van der Waals surface area (Å²) in [6.07, 6.45) is -0.672. The largest absolute Gasteiger partial charge is 0.507 e. The molecule has 110 valence electrons. The monoisotopic (exact) mass is 289 g/mol. The number of hydrogen-bond acceptors (Lipinski definition) is 3. The van der Waals surface area contributed by atoms with Gasteiger partial charge in [0, 0.05) is 0 Å². The lowest BCUT2D eigenvalue weighted by atomic mass is 10.1. The number of phenols is 1. The van der Waals surface area contributed by atoms with E-state index in [4.69, 9.17) is 4.74 Å². The highest BCUT2D eigenvalue weighted by molar-refractivity contribution is 5.68. The number of carbonyl (C=O) groups excluding carboxylic acids is 1. The summed E-state index contributed by atoms with van der Waals surface area (Å²) in [7, 11) is 0. The normalized spacial score (nSPS) is 11.7. The average Bonchev–Trinajstić information content (AvgIpc) is 2.46. The molecule has 0 saturated carbocycles. The van der Waals surface area contributed by atoms with E-state index in [1.807, 2.05) is 30.3 Å². The van der Waals surface area contributed by atoms with Gasteiger partial charge in [-0.1, -0.05) is 36.4 Å². The van der Waals surface area contributed by atoms with Crippen LogP contribution in [0.1, 0.15) is 24.1 Å². The second kappa shape index (κ2) is 6.74. The van der Waals surface area contributed by atoms with Crippen LogP contribution >= 0.6 is 0 Å². The maximum absolute atomic E-state index is 13.6. The maximum atomic E-state index is 13.6. The first-order valence-electron chi connectivity index (χ1n) is 6.52. The number of benzene rings is 2. The molecule has 4 nitrogen and oxygen atoms in total. The Balaban J connectivity index is 1.93. The zero-order chi connectivity index (χ0) is 15.2. The van der Waals surface area contributed by atoms with Gasteiger partial charge in [-0.3, -0.25) is 0 Å². The first-order valence-corrected chi connectivity index (χ1v) is 6.52. The molecule has 1 amide bonds. The highest BCUT2D eigenvalue weighted by atomic mass is 19.1. The molecule has 21 heavy (non-hydrogen) atoms. The molecule has 1 unspecified atom stereocenters. The summed E-state index contributed by atoms with van der Waals surface area (Å²) in [5.41, 5.74) is 0.892. The number of rotatable bonds is 4. The van der Waals surface area contributed by atoms with Crippen molar-refractivity contribution in [2.45, 2.75) is 19.6 Å². The van der Waals surface area contributed by atoms with Crippen molar-refractivity contribution in [3.8, 4) is 5.75 Å². The van der Waals surface area contributed by atoms with Gasteiger partial charge in [-0.2, -0.15) is 0 Å². The van der Waals surface area contributed by atoms with Crippen LogP contribution in [0.2, 0.25) is 0 Å². The molecule has 2 rings (SSSR count). The summed E-state index contributed by atoms with van der Waals surface area (Å²) in [6, 6.07) is 12.5. The van der Waals surface area contributed by atoms with Gasteiger partial charge in [0.1, 0.15) is 18.2 Å². The predicted molar refractivity (Wildman–Crippen MR) is 76.2 cm³/mol. The summed E-state index contributed by atoms with van der Waals surface area (Å²) in [5, 5.41) is 12.1. The van der Waals surface area contributed by atoms with Crippen molar-refractivity contribution in [3.63, 3.8) is 0 Å². The number of hydrogen-bond donors (Lipinski definition) is 2. The zero-order valence-corrected chi connectivity index (χ0v) is 11.5. The standard InChI is InChI=1S/C16H16FNO3/c1-11(15-13(17)8-5-9-14(15)19)18-16(20)21-10-12-6-3-2-4-7-12/h2-9,11,19H,10H2,1H3,(H,18,20). The third kappa shape index (κ3) is 3.95. The van der Waals surface area contributed by atoms with E-state index in [9.17, 15) is 14.3 Å². The second-order valence-electron chi connectivity index (χ2n) is 4.60. The first-order chi connectivity index (χ1) is 10.1. The summed E-state index contributed by atoms with van der Waals surface area (Å²) in [6.45, 7) is 1.70. The highest BCUT2D eigenvalue weighted by Gasteiger charge is 2.18. The number of aromatic hydroxyl groups is 1. The Labute approximate surface area is 122 Å². The van der Waals surface area contributed by atoms with E-state index in [1.165, 1.54) is 18.2 Å². The van der Waals surface area contributed by atoms with Crippen LogP contribution in [-0.2, 0) is 11.3 Å². The number of carbonyl (C=O) groups is 1. The number of amides is 1. The minimum absolute atomic E-state index is 0.0363.